The van der Waals surface area contributed by atoms with Crippen LogP contribution in [0.1, 0.15) is 40.5 Å². The number of carbonyl (C=O) groups excluding carboxylic acids is 2. The highest BCUT2D eigenvalue weighted by Gasteiger charge is 2.31. The van der Waals surface area contributed by atoms with E-state index in [2.05, 4.69) is 32.1 Å². The van der Waals surface area contributed by atoms with E-state index in [1.54, 1.807) is 0 Å². The summed E-state index contributed by atoms with van der Waals surface area (Å²) in [4.78, 5) is 21.4. The third kappa shape index (κ3) is 4.43. The molecule has 0 aromatic rings. The largest absolute Gasteiger partial charge is 0.504 e. The average Bonchev–Trinajstić information content (AvgIpc) is 2.64. The lowest BCUT2D eigenvalue weighted by atomic mass is 9.89. The Labute approximate surface area is 125 Å². The zero-order valence-corrected chi connectivity index (χ0v) is 13.1. The van der Waals surface area contributed by atoms with Crippen molar-refractivity contribution in [2.24, 2.45) is 11.8 Å². The molecule has 0 bridgehead atoms. The zero-order chi connectivity index (χ0) is 16.2. The first-order valence-electron chi connectivity index (χ1n) is 7.22. The molecule has 118 valence electrons. The lowest BCUT2D eigenvalue weighted by molar-refractivity contribution is -0.134. The van der Waals surface area contributed by atoms with E-state index in [0.717, 1.165) is 12.5 Å². The third-order valence-corrected chi connectivity index (χ3v) is 3.61. The number of ether oxygens (including phenoxy) is 2. The van der Waals surface area contributed by atoms with Crippen LogP contribution < -0.4 is 0 Å². The van der Waals surface area contributed by atoms with Crippen LogP contribution in [0.4, 0.5) is 0 Å². The van der Waals surface area contributed by atoms with E-state index in [0.29, 0.717) is 12.0 Å². The van der Waals surface area contributed by atoms with E-state index in [1.165, 1.54) is 19.8 Å². The fraction of sp³-hybridized carbons (Fsp3) is 0.625. The minimum absolute atomic E-state index is 0.166. The SMILES string of the molecule is C=C1OC(=O)C(C(C)=O)=C1O.CC(C)C1OCCCC1C. The van der Waals surface area contributed by atoms with E-state index in [-0.39, 0.29) is 11.3 Å². The maximum absolute atomic E-state index is 10.7. The number of aliphatic hydroxyl groups excluding tert-OH is 1. The van der Waals surface area contributed by atoms with Crippen LogP contribution in [-0.2, 0) is 19.1 Å². The van der Waals surface area contributed by atoms with Crippen molar-refractivity contribution < 1.29 is 24.2 Å². The maximum atomic E-state index is 10.7. The molecule has 21 heavy (non-hydrogen) atoms. The van der Waals surface area contributed by atoms with Gasteiger partial charge in [-0.05, 0) is 31.6 Å². The smallest absolute Gasteiger partial charge is 0.351 e. The number of cyclic esters (lactones) is 1. The van der Waals surface area contributed by atoms with Crippen molar-refractivity contribution in [1.82, 2.24) is 0 Å². The molecule has 0 aromatic heterocycles. The molecule has 0 aliphatic carbocycles. The number of rotatable bonds is 2. The van der Waals surface area contributed by atoms with Gasteiger partial charge in [0.2, 0.25) is 0 Å². The Kier molecular flexibility index (Phi) is 6.15. The lowest BCUT2D eigenvalue weighted by Gasteiger charge is -2.31. The normalized spacial score (nSPS) is 25.6. The molecule has 2 unspecified atom stereocenters. The van der Waals surface area contributed by atoms with E-state index >= 15 is 0 Å². The van der Waals surface area contributed by atoms with Crippen molar-refractivity contribution in [1.29, 1.82) is 0 Å². The first-order valence-corrected chi connectivity index (χ1v) is 7.22. The van der Waals surface area contributed by atoms with Crippen molar-refractivity contribution in [3.8, 4) is 0 Å². The van der Waals surface area contributed by atoms with Gasteiger partial charge in [0, 0.05) is 6.61 Å². The average molecular weight is 296 g/mol. The van der Waals surface area contributed by atoms with E-state index in [9.17, 15) is 9.59 Å². The Morgan fingerprint density at radius 2 is 2.05 bits per heavy atom. The first-order chi connectivity index (χ1) is 9.75. The molecule has 1 fully saturated rings. The Balaban J connectivity index is 0.000000211. The summed E-state index contributed by atoms with van der Waals surface area (Å²) in [7, 11) is 0. The van der Waals surface area contributed by atoms with Gasteiger partial charge in [0.05, 0.1) is 6.10 Å². The first kappa shape index (κ1) is 17.4. The van der Waals surface area contributed by atoms with E-state index in [4.69, 9.17) is 9.84 Å². The van der Waals surface area contributed by atoms with Gasteiger partial charge < -0.3 is 14.6 Å². The molecule has 2 rings (SSSR count). The van der Waals surface area contributed by atoms with Crippen LogP contribution >= 0.6 is 0 Å². The standard InChI is InChI=1S/C9H18O.C7H6O4/c1-7(2)9-8(3)5-4-6-10-9;1-3(8)5-6(9)4(2)11-7(5)10/h7-9H,4-6H2,1-3H3;9H,2H2,1H3. The Hall–Kier alpha value is -1.62. The van der Waals surface area contributed by atoms with Gasteiger partial charge in [-0.3, -0.25) is 4.79 Å². The van der Waals surface area contributed by atoms with Crippen LogP contribution in [-0.4, -0.2) is 29.6 Å². The van der Waals surface area contributed by atoms with Gasteiger partial charge in [0.15, 0.2) is 17.3 Å². The van der Waals surface area contributed by atoms with Crippen LogP contribution in [0.15, 0.2) is 23.7 Å². The molecule has 2 aliphatic heterocycles. The molecular formula is C16H24O5. The number of ketones is 1. The molecule has 5 nitrogen and oxygen atoms in total. The van der Waals surface area contributed by atoms with Gasteiger partial charge in [-0.2, -0.15) is 0 Å². The minimum Gasteiger partial charge on any atom is -0.504 e. The summed E-state index contributed by atoms with van der Waals surface area (Å²) in [6.45, 7) is 12.1. The fourth-order valence-corrected chi connectivity index (χ4v) is 2.56. The molecule has 0 radical (unpaired) electrons. The molecule has 0 spiro atoms. The second kappa shape index (κ2) is 7.41. The molecule has 0 amide bonds. The van der Waals surface area contributed by atoms with Gasteiger partial charge in [0.25, 0.3) is 0 Å². The Morgan fingerprint density at radius 1 is 1.43 bits per heavy atom. The molecule has 2 atom stereocenters. The fourth-order valence-electron chi connectivity index (χ4n) is 2.56. The van der Waals surface area contributed by atoms with Crippen LogP contribution in [0.2, 0.25) is 0 Å². The number of hydrogen-bond donors (Lipinski definition) is 1. The highest BCUT2D eigenvalue weighted by molar-refractivity contribution is 6.19. The maximum Gasteiger partial charge on any atom is 0.351 e. The monoisotopic (exact) mass is 296 g/mol. The van der Waals surface area contributed by atoms with Crippen LogP contribution in [0.25, 0.3) is 0 Å². The number of hydrogen-bond acceptors (Lipinski definition) is 5. The van der Waals surface area contributed by atoms with Gasteiger partial charge in [0.1, 0.15) is 5.57 Å². The lowest BCUT2D eigenvalue weighted by Crippen LogP contribution is -2.31. The molecule has 0 aromatic carbocycles. The van der Waals surface area contributed by atoms with Crippen molar-refractivity contribution in [3.63, 3.8) is 0 Å². The minimum atomic E-state index is -0.833. The summed E-state index contributed by atoms with van der Waals surface area (Å²) in [5, 5.41) is 9.01. The predicted octanol–water partition coefficient (Wildman–Crippen LogP) is 2.92. The van der Waals surface area contributed by atoms with Crippen molar-refractivity contribution in [3.05, 3.63) is 23.7 Å². The summed E-state index contributed by atoms with van der Waals surface area (Å²) in [6.07, 6.45) is 3.13. The van der Waals surface area contributed by atoms with Crippen LogP contribution in [0.3, 0.4) is 0 Å². The second-order valence-electron chi connectivity index (χ2n) is 5.79. The number of Topliss-reactive ketones (excluding diaryl/α,β-unsaturated/α-hetero) is 1. The molecule has 5 heteroatoms. The summed E-state index contributed by atoms with van der Waals surface area (Å²) in [6, 6.07) is 0. The molecular weight excluding hydrogens is 272 g/mol. The molecule has 2 aliphatic rings. The molecule has 0 saturated carbocycles. The second-order valence-corrected chi connectivity index (χ2v) is 5.79. The van der Waals surface area contributed by atoms with Gasteiger partial charge >= 0.3 is 5.97 Å². The zero-order valence-electron chi connectivity index (χ0n) is 13.1. The van der Waals surface area contributed by atoms with Crippen molar-refractivity contribution >= 4 is 11.8 Å². The van der Waals surface area contributed by atoms with Crippen LogP contribution in [0.5, 0.6) is 0 Å². The van der Waals surface area contributed by atoms with Gasteiger partial charge in [-0.25, -0.2) is 4.79 Å². The van der Waals surface area contributed by atoms with E-state index in [1.807, 2.05) is 0 Å². The highest BCUT2D eigenvalue weighted by atomic mass is 16.6. The predicted molar refractivity (Wildman–Crippen MR) is 78.5 cm³/mol. The molecule has 2 heterocycles. The summed E-state index contributed by atoms with van der Waals surface area (Å²) in [5.74, 6) is -0.516. The van der Waals surface area contributed by atoms with Crippen molar-refractivity contribution in [2.45, 2.75) is 46.6 Å². The number of esters is 1. The highest BCUT2D eigenvalue weighted by Crippen LogP contribution is 2.25. The number of carbonyl (C=O) groups is 2. The topological polar surface area (TPSA) is 72.8 Å². The van der Waals surface area contributed by atoms with Gasteiger partial charge in [-0.1, -0.05) is 27.4 Å². The Bertz CT molecular complexity index is 461. The molecule has 1 N–H and O–H groups in total. The summed E-state index contributed by atoms with van der Waals surface area (Å²) < 4.78 is 10.0. The summed E-state index contributed by atoms with van der Waals surface area (Å²) >= 11 is 0. The quantitative estimate of drug-likeness (QED) is 0.626. The summed E-state index contributed by atoms with van der Waals surface area (Å²) in [5.41, 5.74) is -0.324. The third-order valence-electron chi connectivity index (χ3n) is 3.61. The van der Waals surface area contributed by atoms with Crippen LogP contribution in [0, 0.1) is 11.8 Å². The number of aliphatic hydroxyl groups is 1. The Morgan fingerprint density at radius 3 is 2.33 bits per heavy atom. The van der Waals surface area contributed by atoms with Gasteiger partial charge in [-0.15, -0.1) is 0 Å². The van der Waals surface area contributed by atoms with E-state index < -0.39 is 17.5 Å². The van der Waals surface area contributed by atoms with Crippen molar-refractivity contribution in [2.75, 3.05) is 6.61 Å². The molecule has 1 saturated heterocycles.